The zero-order chi connectivity index (χ0) is 14.4. The van der Waals surface area contributed by atoms with Crippen LogP contribution in [0.15, 0.2) is 40.1 Å². The van der Waals surface area contributed by atoms with Gasteiger partial charge in [-0.05, 0) is 5.39 Å². The third kappa shape index (κ3) is 4.41. The van der Waals surface area contributed by atoms with Gasteiger partial charge < -0.3 is 9.66 Å². The maximum absolute atomic E-state index is 11.6. The molecule has 0 aliphatic heterocycles. The largest absolute Gasteiger partial charge is 1.00 e. The minimum atomic E-state index is -5.22. The molecule has 1 N–H and O–H groups in total. The van der Waals surface area contributed by atoms with Crippen LogP contribution in [0.4, 0.5) is 0 Å². The van der Waals surface area contributed by atoms with E-state index in [4.69, 9.17) is 4.55 Å². The predicted octanol–water partition coefficient (Wildman–Crippen LogP) is -5.93. The molecule has 2 rings (SSSR count). The molecule has 0 heterocycles. The van der Waals surface area contributed by atoms with Crippen LogP contribution in [-0.2, 0) is 20.2 Å². The second-order valence-corrected chi connectivity index (χ2v) is 6.38. The molecule has 0 fully saturated rings. The molecule has 11 heteroatoms. The van der Waals surface area contributed by atoms with Gasteiger partial charge in [-0.25, -0.2) is 8.42 Å². The molecule has 102 valence electrons. The summed E-state index contributed by atoms with van der Waals surface area (Å²) in [5, 5.41) is 11.2. The summed E-state index contributed by atoms with van der Waals surface area (Å²) >= 11 is 0. The van der Waals surface area contributed by atoms with E-state index in [0.29, 0.717) is 6.07 Å². The van der Waals surface area contributed by atoms with Crippen LogP contribution in [0, 0.1) is 0 Å². The van der Waals surface area contributed by atoms with E-state index in [1.807, 2.05) is 0 Å². The molecular weight excluding hydrogens is 342 g/mol. The molecule has 0 bridgehead atoms. The number of rotatable bonds is 2. The summed E-state index contributed by atoms with van der Waals surface area (Å²) in [7, 11) is -10.2. The fourth-order valence-corrected chi connectivity index (χ4v) is 3.72. The van der Waals surface area contributed by atoms with Crippen molar-refractivity contribution in [3.63, 3.8) is 0 Å². The molecule has 0 aliphatic rings. The number of hydrogen-bond acceptors (Lipinski definition) is 6. The summed E-state index contributed by atoms with van der Waals surface area (Å²) in [4.78, 5) is -2.32. The van der Waals surface area contributed by atoms with Crippen LogP contribution < -0.4 is 64.2 Å². The van der Waals surface area contributed by atoms with Gasteiger partial charge in [-0.15, -0.1) is 0 Å². The van der Waals surface area contributed by atoms with Crippen molar-refractivity contribution in [3.05, 3.63) is 30.3 Å². The van der Waals surface area contributed by atoms with Gasteiger partial charge in [0.25, 0.3) is 10.1 Å². The Labute approximate surface area is 165 Å². The number of hydrogen-bond donors (Lipinski definition) is 1. The van der Waals surface area contributed by atoms with Crippen molar-refractivity contribution in [3.8, 4) is 5.75 Å². The zero-order valence-electron chi connectivity index (χ0n) is 11.1. The summed E-state index contributed by atoms with van der Waals surface area (Å²) in [6.45, 7) is 0. The summed E-state index contributed by atoms with van der Waals surface area (Å²) in [6.07, 6.45) is 0. The first kappa shape index (κ1) is 21.3. The van der Waals surface area contributed by atoms with E-state index < -0.39 is 35.8 Å². The van der Waals surface area contributed by atoms with Crippen LogP contribution in [0.2, 0.25) is 0 Å². The van der Waals surface area contributed by atoms with Gasteiger partial charge in [-0.3, -0.25) is 4.55 Å². The van der Waals surface area contributed by atoms with E-state index in [2.05, 4.69) is 0 Å². The molecule has 0 amide bonds. The van der Waals surface area contributed by atoms with Crippen molar-refractivity contribution >= 4 is 31.0 Å². The Morgan fingerprint density at radius 1 is 0.952 bits per heavy atom. The van der Waals surface area contributed by atoms with E-state index in [9.17, 15) is 26.5 Å². The van der Waals surface area contributed by atoms with Crippen molar-refractivity contribution in [1.29, 1.82) is 0 Å². The average molecular weight is 348 g/mol. The molecule has 21 heavy (non-hydrogen) atoms. The van der Waals surface area contributed by atoms with E-state index in [0.717, 1.165) is 6.07 Å². The Morgan fingerprint density at radius 2 is 1.43 bits per heavy atom. The standard InChI is InChI=1S/C10H8O7S2.2Na/c11-8-5-9(18(12,13)14)10(19(15,16)17)7-4-2-1-3-6(7)8;;/h1-5,11H,(H,12,13,14)(H,15,16,17);;/q;2*+1/p-2. The predicted molar refractivity (Wildman–Crippen MR) is 61.2 cm³/mol. The molecule has 7 nitrogen and oxygen atoms in total. The molecule has 0 atom stereocenters. The summed E-state index contributed by atoms with van der Waals surface area (Å²) in [5.74, 6) is -0.822. The summed E-state index contributed by atoms with van der Waals surface area (Å²) in [5.41, 5.74) is 0. The quantitative estimate of drug-likeness (QED) is 0.422. The topological polar surface area (TPSA) is 135 Å². The van der Waals surface area contributed by atoms with Crippen molar-refractivity contribution in [2.75, 3.05) is 0 Å². The van der Waals surface area contributed by atoms with Gasteiger partial charge in [-0.1, -0.05) is 36.1 Å². The molecule has 0 aliphatic carbocycles. The van der Waals surface area contributed by atoms with Crippen LogP contribution >= 0.6 is 0 Å². The third-order valence-electron chi connectivity index (χ3n) is 2.45. The molecule has 0 aromatic heterocycles. The van der Waals surface area contributed by atoms with Crippen LogP contribution in [0.1, 0.15) is 0 Å². The van der Waals surface area contributed by atoms with Crippen molar-refractivity contribution in [2.45, 2.75) is 9.79 Å². The van der Waals surface area contributed by atoms with Gasteiger partial charge in [0, 0.05) is 5.39 Å². The van der Waals surface area contributed by atoms with Crippen molar-refractivity contribution < 1.29 is 90.2 Å². The third-order valence-corrected chi connectivity index (χ3v) is 4.40. The van der Waals surface area contributed by atoms with Gasteiger partial charge in [-0.2, -0.15) is 8.42 Å². The van der Waals surface area contributed by atoms with Crippen LogP contribution in [0.3, 0.4) is 0 Å². The monoisotopic (exact) mass is 348 g/mol. The van der Waals surface area contributed by atoms with Crippen LogP contribution in [0.5, 0.6) is 5.75 Å². The first-order chi connectivity index (χ1) is 8.62. The van der Waals surface area contributed by atoms with Gasteiger partial charge in [0.05, 0.1) is 4.90 Å². The van der Waals surface area contributed by atoms with E-state index in [1.165, 1.54) is 18.2 Å². The molecule has 2 aromatic rings. The Bertz CT molecular complexity index is 876. The normalized spacial score (nSPS) is 11.5. The SMILES string of the molecule is O=S(=O)([O-])c1cc([O-])c2ccccc2c1S(=O)(=O)O.[Na+].[Na+]. The van der Waals surface area contributed by atoms with Crippen LogP contribution in [0.25, 0.3) is 10.8 Å². The van der Waals surface area contributed by atoms with Crippen molar-refractivity contribution in [1.82, 2.24) is 0 Å². The Morgan fingerprint density at radius 3 is 1.86 bits per heavy atom. The summed E-state index contributed by atoms with van der Waals surface area (Å²) in [6, 6.07) is 5.57. The first-order valence-corrected chi connectivity index (χ1v) is 7.63. The Kier molecular flexibility index (Phi) is 7.37. The molecular formula is C10H6Na2O7S2. The number of benzene rings is 2. The minimum Gasteiger partial charge on any atom is -0.872 e. The van der Waals surface area contributed by atoms with Crippen LogP contribution in [-0.4, -0.2) is 25.9 Å². The van der Waals surface area contributed by atoms with Gasteiger partial charge in [0.15, 0.2) is 0 Å². The first-order valence-electron chi connectivity index (χ1n) is 4.78. The Balaban J connectivity index is 0.00000200. The second-order valence-electron chi connectivity index (χ2n) is 3.68. The molecule has 0 spiro atoms. The average Bonchev–Trinajstić information content (AvgIpc) is 2.26. The molecule has 0 radical (unpaired) electrons. The van der Waals surface area contributed by atoms with Gasteiger partial charge in [0.2, 0.25) is 0 Å². The minimum absolute atomic E-state index is 0. The fraction of sp³-hybridized carbons (Fsp3) is 0. The van der Waals surface area contributed by atoms with Gasteiger partial charge >= 0.3 is 59.1 Å². The van der Waals surface area contributed by atoms with E-state index in [-0.39, 0.29) is 69.9 Å². The second kappa shape index (κ2) is 7.26. The maximum Gasteiger partial charge on any atom is 1.00 e. The summed E-state index contributed by atoms with van der Waals surface area (Å²) < 4.78 is 64.7. The van der Waals surface area contributed by atoms with E-state index >= 15 is 0 Å². The smallest absolute Gasteiger partial charge is 0.872 e. The zero-order valence-corrected chi connectivity index (χ0v) is 16.7. The molecule has 0 saturated carbocycles. The molecule has 2 aromatic carbocycles. The molecule has 0 saturated heterocycles. The number of fused-ring (bicyclic) bond motifs is 1. The van der Waals surface area contributed by atoms with Crippen molar-refractivity contribution in [2.24, 2.45) is 0 Å². The fourth-order valence-electron chi connectivity index (χ4n) is 1.74. The van der Waals surface area contributed by atoms with E-state index in [1.54, 1.807) is 0 Å². The maximum atomic E-state index is 11.6. The van der Waals surface area contributed by atoms with Gasteiger partial charge in [0.1, 0.15) is 15.0 Å². The Hall–Kier alpha value is 0.320. The molecule has 0 unspecified atom stereocenters.